The van der Waals surface area contributed by atoms with Crippen molar-refractivity contribution in [3.8, 4) is 0 Å². The Morgan fingerprint density at radius 1 is 1.45 bits per heavy atom. The van der Waals surface area contributed by atoms with Crippen LogP contribution in [0, 0.1) is 5.92 Å². The molecule has 112 valence electrons. The van der Waals surface area contributed by atoms with E-state index in [0.29, 0.717) is 12.0 Å². The molecule has 1 N–H and O–H groups in total. The lowest BCUT2D eigenvalue weighted by Crippen LogP contribution is -2.31. The van der Waals surface area contributed by atoms with Crippen LogP contribution in [0.15, 0.2) is 18.3 Å². The smallest absolute Gasteiger partial charge is 0.0562 e. The molecule has 0 bridgehead atoms. The van der Waals surface area contributed by atoms with Gasteiger partial charge in [0, 0.05) is 37.6 Å². The Labute approximate surface area is 123 Å². The van der Waals surface area contributed by atoms with E-state index in [0.717, 1.165) is 31.9 Å². The van der Waals surface area contributed by atoms with Crippen molar-refractivity contribution in [2.45, 2.75) is 32.9 Å². The number of rotatable bonds is 6. The maximum Gasteiger partial charge on any atom is 0.0562 e. The topological polar surface area (TPSA) is 31.4 Å². The van der Waals surface area contributed by atoms with Crippen LogP contribution in [0.25, 0.3) is 0 Å². The first-order valence-electron chi connectivity index (χ1n) is 7.63. The van der Waals surface area contributed by atoms with Crippen LogP contribution < -0.4 is 10.2 Å². The Bertz CT molecular complexity index is 417. The minimum Gasteiger partial charge on any atom is -0.370 e. The molecule has 1 unspecified atom stereocenters. The summed E-state index contributed by atoms with van der Waals surface area (Å²) in [5.41, 5.74) is 2.45. The van der Waals surface area contributed by atoms with Crippen LogP contribution in [-0.2, 0) is 6.54 Å². The number of anilines is 1. The fraction of sp³-hybridized carbons (Fsp3) is 0.688. The van der Waals surface area contributed by atoms with Gasteiger partial charge in [-0.25, -0.2) is 0 Å². The molecule has 1 aromatic heterocycles. The average molecular weight is 276 g/mol. The number of nitrogens with zero attached hydrogens (tertiary/aromatic N) is 3. The van der Waals surface area contributed by atoms with Crippen LogP contribution in [-0.4, -0.2) is 49.7 Å². The zero-order chi connectivity index (χ0) is 14.5. The summed E-state index contributed by atoms with van der Waals surface area (Å²) in [5.74, 6) is 0.678. The summed E-state index contributed by atoms with van der Waals surface area (Å²) in [4.78, 5) is 9.26. The average Bonchev–Trinajstić information content (AvgIpc) is 2.88. The van der Waals surface area contributed by atoms with Gasteiger partial charge in [0.15, 0.2) is 0 Å². The van der Waals surface area contributed by atoms with E-state index in [1.54, 1.807) is 0 Å². The van der Waals surface area contributed by atoms with Gasteiger partial charge in [0.05, 0.1) is 5.69 Å². The number of hydrogen-bond acceptors (Lipinski definition) is 4. The Kier molecular flexibility index (Phi) is 5.38. The molecule has 4 heteroatoms. The predicted molar refractivity (Wildman–Crippen MR) is 85.1 cm³/mol. The molecule has 0 radical (unpaired) electrons. The largest absolute Gasteiger partial charge is 0.370 e. The van der Waals surface area contributed by atoms with Crippen molar-refractivity contribution in [1.82, 2.24) is 15.2 Å². The molecule has 2 heterocycles. The van der Waals surface area contributed by atoms with E-state index in [-0.39, 0.29) is 0 Å². The summed E-state index contributed by atoms with van der Waals surface area (Å²) in [5, 5.41) is 3.46. The van der Waals surface area contributed by atoms with Crippen molar-refractivity contribution < 1.29 is 0 Å². The molecule has 1 fully saturated rings. The van der Waals surface area contributed by atoms with Gasteiger partial charge in [0.2, 0.25) is 0 Å². The molecule has 4 nitrogen and oxygen atoms in total. The van der Waals surface area contributed by atoms with Gasteiger partial charge in [-0.1, -0.05) is 13.8 Å². The maximum atomic E-state index is 4.46. The third-order valence-corrected chi connectivity index (χ3v) is 3.92. The second-order valence-corrected chi connectivity index (χ2v) is 6.38. The molecule has 1 aliphatic heterocycles. The SMILES string of the molecule is CC(C)CNCc1cc(N2CCC(N(C)C)C2)ccn1. The lowest BCUT2D eigenvalue weighted by Gasteiger charge is -2.22. The molecule has 2 rings (SSSR count). The number of hydrogen-bond donors (Lipinski definition) is 1. The second-order valence-electron chi connectivity index (χ2n) is 6.38. The maximum absolute atomic E-state index is 4.46. The van der Waals surface area contributed by atoms with E-state index in [2.05, 4.69) is 60.2 Å². The molecule has 0 saturated carbocycles. The highest BCUT2D eigenvalue weighted by Crippen LogP contribution is 2.22. The Morgan fingerprint density at radius 2 is 2.25 bits per heavy atom. The minimum absolute atomic E-state index is 0.672. The monoisotopic (exact) mass is 276 g/mol. The highest BCUT2D eigenvalue weighted by atomic mass is 15.2. The first-order chi connectivity index (χ1) is 9.56. The van der Waals surface area contributed by atoms with Gasteiger partial charge in [-0.2, -0.15) is 0 Å². The van der Waals surface area contributed by atoms with Gasteiger partial charge in [0.1, 0.15) is 0 Å². The normalized spacial score (nSPS) is 19.3. The summed E-state index contributed by atoms with van der Waals surface area (Å²) in [6.07, 6.45) is 3.18. The molecule has 20 heavy (non-hydrogen) atoms. The quantitative estimate of drug-likeness (QED) is 0.861. The van der Waals surface area contributed by atoms with Crippen LogP contribution in [0.5, 0.6) is 0 Å². The first-order valence-corrected chi connectivity index (χ1v) is 7.63. The van der Waals surface area contributed by atoms with Crippen LogP contribution in [0.1, 0.15) is 26.0 Å². The summed E-state index contributed by atoms with van der Waals surface area (Å²) in [6, 6.07) is 5.03. The minimum atomic E-state index is 0.672. The van der Waals surface area contributed by atoms with Gasteiger partial charge in [-0.15, -0.1) is 0 Å². The Hall–Kier alpha value is -1.13. The van der Waals surface area contributed by atoms with Crippen molar-refractivity contribution in [2.75, 3.05) is 38.6 Å². The number of likely N-dealkylation sites (N-methyl/N-ethyl adjacent to an activating group) is 1. The highest BCUT2D eigenvalue weighted by Gasteiger charge is 2.24. The molecule has 0 spiro atoms. The predicted octanol–water partition coefficient (Wildman–Crippen LogP) is 1.97. The zero-order valence-corrected chi connectivity index (χ0v) is 13.3. The van der Waals surface area contributed by atoms with Crippen molar-refractivity contribution >= 4 is 5.69 Å². The van der Waals surface area contributed by atoms with E-state index in [4.69, 9.17) is 0 Å². The summed E-state index contributed by atoms with van der Waals surface area (Å²) < 4.78 is 0. The van der Waals surface area contributed by atoms with Crippen LogP contribution >= 0.6 is 0 Å². The van der Waals surface area contributed by atoms with Gasteiger partial charge in [-0.3, -0.25) is 4.98 Å². The fourth-order valence-corrected chi connectivity index (χ4v) is 2.65. The third-order valence-electron chi connectivity index (χ3n) is 3.92. The molecule has 0 amide bonds. The Morgan fingerprint density at radius 3 is 2.90 bits per heavy atom. The third kappa shape index (κ3) is 4.18. The van der Waals surface area contributed by atoms with E-state index >= 15 is 0 Å². The lowest BCUT2D eigenvalue weighted by atomic mass is 10.2. The van der Waals surface area contributed by atoms with Crippen LogP contribution in [0.2, 0.25) is 0 Å². The van der Waals surface area contributed by atoms with Gasteiger partial charge in [0.25, 0.3) is 0 Å². The molecular formula is C16H28N4. The number of nitrogens with one attached hydrogen (secondary N) is 1. The first kappa shape index (κ1) is 15.3. The van der Waals surface area contributed by atoms with E-state index in [1.807, 2.05) is 6.20 Å². The zero-order valence-electron chi connectivity index (χ0n) is 13.3. The van der Waals surface area contributed by atoms with Gasteiger partial charge in [-0.05, 0) is 45.1 Å². The molecule has 1 aliphatic rings. The number of aromatic nitrogens is 1. The lowest BCUT2D eigenvalue weighted by molar-refractivity contribution is 0.315. The van der Waals surface area contributed by atoms with Gasteiger partial charge < -0.3 is 15.1 Å². The van der Waals surface area contributed by atoms with Crippen molar-refractivity contribution in [3.63, 3.8) is 0 Å². The molecule has 0 aliphatic carbocycles. The molecular weight excluding hydrogens is 248 g/mol. The Balaban J connectivity index is 1.93. The van der Waals surface area contributed by atoms with Crippen molar-refractivity contribution in [2.24, 2.45) is 5.92 Å². The van der Waals surface area contributed by atoms with Crippen LogP contribution in [0.4, 0.5) is 5.69 Å². The molecule has 1 atom stereocenters. The summed E-state index contributed by atoms with van der Waals surface area (Å²) in [6.45, 7) is 8.61. The number of pyridine rings is 1. The highest BCUT2D eigenvalue weighted by molar-refractivity contribution is 5.47. The standard InChI is InChI=1S/C16H28N4/c1-13(2)10-17-11-14-9-15(5-7-18-14)20-8-6-16(12-20)19(3)4/h5,7,9,13,16-17H,6,8,10-12H2,1-4H3. The van der Waals surface area contributed by atoms with Crippen LogP contribution in [0.3, 0.4) is 0 Å². The molecule has 0 aromatic carbocycles. The summed E-state index contributed by atoms with van der Waals surface area (Å²) in [7, 11) is 4.34. The van der Waals surface area contributed by atoms with Gasteiger partial charge >= 0.3 is 0 Å². The molecule has 1 saturated heterocycles. The fourth-order valence-electron chi connectivity index (χ4n) is 2.65. The van der Waals surface area contributed by atoms with Crippen molar-refractivity contribution in [1.29, 1.82) is 0 Å². The van der Waals surface area contributed by atoms with E-state index in [1.165, 1.54) is 12.1 Å². The second kappa shape index (κ2) is 7.04. The van der Waals surface area contributed by atoms with Crippen molar-refractivity contribution in [3.05, 3.63) is 24.0 Å². The van der Waals surface area contributed by atoms with E-state index < -0.39 is 0 Å². The molecule has 1 aromatic rings. The summed E-state index contributed by atoms with van der Waals surface area (Å²) >= 11 is 0. The van der Waals surface area contributed by atoms with E-state index in [9.17, 15) is 0 Å².